The molecule has 1 saturated heterocycles. The Kier molecular flexibility index (Phi) is 3.59. The molecular weight excluding hydrogens is 383 g/mol. The zero-order valence-corrected chi connectivity index (χ0v) is 15.3. The summed E-state index contributed by atoms with van der Waals surface area (Å²) in [4.78, 5) is 32.0. The fourth-order valence-electron chi connectivity index (χ4n) is 4.40. The first kappa shape index (κ1) is 17.8. The highest BCUT2D eigenvalue weighted by atomic mass is 19.4. The van der Waals surface area contributed by atoms with E-state index in [4.69, 9.17) is 0 Å². The Morgan fingerprint density at radius 2 is 1.72 bits per heavy atom. The van der Waals surface area contributed by atoms with Crippen molar-refractivity contribution < 1.29 is 22.8 Å². The average molecular weight is 399 g/mol. The predicted molar refractivity (Wildman–Crippen MR) is 100 cm³/mol. The topological polar surface area (TPSA) is 56.4 Å². The van der Waals surface area contributed by atoms with Crippen LogP contribution in [0.1, 0.15) is 29.8 Å². The van der Waals surface area contributed by atoms with Crippen molar-refractivity contribution in [3.8, 4) is 0 Å². The fourth-order valence-corrected chi connectivity index (χ4v) is 4.40. The molecule has 5 rings (SSSR count). The van der Waals surface area contributed by atoms with Gasteiger partial charge in [-0.05, 0) is 42.8 Å². The molecular formula is C21H16F3N3O2. The summed E-state index contributed by atoms with van der Waals surface area (Å²) in [5, 5.41) is 1.02. The van der Waals surface area contributed by atoms with Crippen LogP contribution in [-0.4, -0.2) is 27.9 Å². The van der Waals surface area contributed by atoms with Crippen LogP contribution in [0.25, 0.3) is 10.9 Å². The minimum absolute atomic E-state index is 0.142. The molecule has 2 aliphatic rings. The van der Waals surface area contributed by atoms with Crippen molar-refractivity contribution >= 4 is 28.5 Å². The third-order valence-electron chi connectivity index (χ3n) is 5.79. The lowest BCUT2D eigenvalue weighted by Crippen LogP contribution is -2.42. The van der Waals surface area contributed by atoms with E-state index < -0.39 is 29.7 Å². The van der Waals surface area contributed by atoms with Crippen LogP contribution in [0.4, 0.5) is 23.7 Å². The summed E-state index contributed by atoms with van der Waals surface area (Å²) in [6, 6.07) is 10.3. The molecule has 0 bridgehead atoms. The highest BCUT2D eigenvalue weighted by Crippen LogP contribution is 2.42. The fraction of sp³-hybridized carbons (Fsp3) is 0.238. The van der Waals surface area contributed by atoms with Crippen LogP contribution in [0.5, 0.6) is 0 Å². The maximum absolute atomic E-state index is 13.1. The third kappa shape index (κ3) is 2.48. The predicted octanol–water partition coefficient (Wildman–Crippen LogP) is 4.64. The number of imide groups is 1. The molecule has 29 heavy (non-hydrogen) atoms. The van der Waals surface area contributed by atoms with Crippen molar-refractivity contribution in [1.82, 2.24) is 9.88 Å². The molecule has 3 aromatic rings. The molecule has 148 valence electrons. The maximum atomic E-state index is 13.1. The summed E-state index contributed by atoms with van der Waals surface area (Å²) in [6.07, 6.45) is -4.11. The quantitative estimate of drug-likeness (QED) is 0.606. The van der Waals surface area contributed by atoms with Gasteiger partial charge in [-0.25, -0.2) is 9.69 Å². The van der Waals surface area contributed by atoms with Crippen LogP contribution < -0.4 is 4.90 Å². The average Bonchev–Trinajstić information content (AvgIpc) is 3.18. The standard InChI is InChI=1S/C21H16F3N3O2/c1-11-18-15(14-4-2-3-5-16(14)25-18)10-17-19(28)27(20(29)26(11)17)13-8-6-12(7-9-13)21(22,23)24/h2-9,11,17,25H,10H2,1H3. The number of para-hydroxylation sites is 1. The van der Waals surface area contributed by atoms with E-state index in [1.807, 2.05) is 31.2 Å². The van der Waals surface area contributed by atoms with Crippen molar-refractivity contribution in [1.29, 1.82) is 0 Å². The molecule has 3 amide bonds. The highest BCUT2D eigenvalue weighted by molar-refractivity contribution is 6.21. The molecule has 0 aliphatic carbocycles. The number of nitrogens with one attached hydrogen (secondary N) is 1. The molecule has 3 heterocycles. The largest absolute Gasteiger partial charge is 0.416 e. The van der Waals surface area contributed by atoms with E-state index in [0.29, 0.717) is 6.42 Å². The number of fused-ring (bicyclic) bond motifs is 4. The van der Waals surface area contributed by atoms with E-state index in [9.17, 15) is 22.8 Å². The normalized spacial score (nSPS) is 21.7. The van der Waals surface area contributed by atoms with Crippen molar-refractivity contribution in [3.05, 3.63) is 65.4 Å². The summed E-state index contributed by atoms with van der Waals surface area (Å²) in [5.74, 6) is -0.419. The molecule has 1 fully saturated rings. The number of benzene rings is 2. The first-order valence-electron chi connectivity index (χ1n) is 9.20. The molecule has 0 saturated carbocycles. The number of urea groups is 1. The maximum Gasteiger partial charge on any atom is 0.416 e. The summed E-state index contributed by atoms with van der Waals surface area (Å²) in [6.45, 7) is 1.85. The number of hydrogen-bond acceptors (Lipinski definition) is 2. The van der Waals surface area contributed by atoms with Crippen LogP contribution in [0.3, 0.4) is 0 Å². The van der Waals surface area contributed by atoms with Crippen LogP contribution in [0.15, 0.2) is 48.5 Å². The van der Waals surface area contributed by atoms with Crippen molar-refractivity contribution in [2.24, 2.45) is 0 Å². The van der Waals surface area contributed by atoms with Gasteiger partial charge in [-0.3, -0.25) is 4.79 Å². The van der Waals surface area contributed by atoms with Gasteiger partial charge in [-0.15, -0.1) is 0 Å². The Balaban J connectivity index is 1.53. The minimum atomic E-state index is -4.48. The molecule has 0 radical (unpaired) electrons. The monoisotopic (exact) mass is 399 g/mol. The van der Waals surface area contributed by atoms with Gasteiger partial charge in [0.15, 0.2) is 0 Å². The van der Waals surface area contributed by atoms with Crippen LogP contribution in [-0.2, 0) is 17.4 Å². The van der Waals surface area contributed by atoms with E-state index in [1.54, 1.807) is 0 Å². The van der Waals surface area contributed by atoms with Crippen molar-refractivity contribution in [2.45, 2.75) is 31.6 Å². The number of aromatic nitrogens is 1. The summed E-state index contributed by atoms with van der Waals surface area (Å²) < 4.78 is 38.5. The smallest absolute Gasteiger partial charge is 0.356 e. The Labute approximate surface area is 163 Å². The Morgan fingerprint density at radius 3 is 2.41 bits per heavy atom. The number of hydrogen-bond donors (Lipinski definition) is 1. The van der Waals surface area contributed by atoms with Gasteiger partial charge in [0.1, 0.15) is 6.04 Å². The minimum Gasteiger partial charge on any atom is -0.356 e. The van der Waals surface area contributed by atoms with Crippen LogP contribution in [0, 0.1) is 0 Å². The van der Waals surface area contributed by atoms with E-state index in [1.165, 1.54) is 4.90 Å². The van der Waals surface area contributed by atoms with E-state index in [-0.39, 0.29) is 11.7 Å². The van der Waals surface area contributed by atoms with Gasteiger partial charge in [-0.1, -0.05) is 18.2 Å². The number of H-pyrrole nitrogens is 1. The molecule has 2 atom stereocenters. The Morgan fingerprint density at radius 1 is 1.03 bits per heavy atom. The Hall–Kier alpha value is -3.29. The molecule has 2 unspecified atom stereocenters. The van der Waals surface area contributed by atoms with Gasteiger partial charge in [0.2, 0.25) is 0 Å². The zero-order chi connectivity index (χ0) is 20.5. The third-order valence-corrected chi connectivity index (χ3v) is 5.79. The van der Waals surface area contributed by atoms with E-state index >= 15 is 0 Å². The lowest BCUT2D eigenvalue weighted by atomic mass is 9.93. The number of carbonyl (C=O) groups excluding carboxylic acids is 2. The molecule has 1 aromatic heterocycles. The summed E-state index contributed by atoms with van der Waals surface area (Å²) >= 11 is 0. The van der Waals surface area contributed by atoms with Gasteiger partial charge in [-0.2, -0.15) is 13.2 Å². The van der Waals surface area contributed by atoms with Crippen molar-refractivity contribution in [3.63, 3.8) is 0 Å². The molecule has 1 N–H and O–H groups in total. The number of halogens is 3. The van der Waals surface area contributed by atoms with E-state index in [0.717, 1.165) is 51.3 Å². The number of amides is 3. The number of nitrogens with zero attached hydrogens (tertiary/aromatic N) is 2. The number of alkyl halides is 3. The first-order valence-corrected chi connectivity index (χ1v) is 9.20. The van der Waals surface area contributed by atoms with Gasteiger partial charge < -0.3 is 9.88 Å². The number of rotatable bonds is 1. The lowest BCUT2D eigenvalue weighted by Gasteiger charge is -2.33. The van der Waals surface area contributed by atoms with E-state index in [2.05, 4.69) is 4.98 Å². The van der Waals surface area contributed by atoms with Gasteiger partial charge in [0.25, 0.3) is 5.91 Å². The summed E-state index contributed by atoms with van der Waals surface area (Å²) in [5.41, 5.74) is 2.16. The lowest BCUT2D eigenvalue weighted by molar-refractivity contribution is -0.137. The second-order valence-corrected chi connectivity index (χ2v) is 7.37. The van der Waals surface area contributed by atoms with Crippen LogP contribution >= 0.6 is 0 Å². The second kappa shape index (κ2) is 5.85. The molecule has 8 heteroatoms. The Bertz CT molecular complexity index is 1150. The van der Waals surface area contributed by atoms with Gasteiger partial charge in [0, 0.05) is 23.0 Å². The highest BCUT2D eigenvalue weighted by Gasteiger charge is 2.51. The van der Waals surface area contributed by atoms with Crippen LogP contribution in [0.2, 0.25) is 0 Å². The van der Waals surface area contributed by atoms with Crippen molar-refractivity contribution in [2.75, 3.05) is 4.90 Å². The first-order chi connectivity index (χ1) is 13.8. The molecule has 5 nitrogen and oxygen atoms in total. The van der Waals surface area contributed by atoms with Gasteiger partial charge >= 0.3 is 12.2 Å². The number of anilines is 1. The second-order valence-electron chi connectivity index (χ2n) is 7.37. The summed E-state index contributed by atoms with van der Waals surface area (Å²) in [7, 11) is 0. The molecule has 2 aliphatic heterocycles. The molecule has 2 aromatic carbocycles. The number of carbonyl (C=O) groups is 2. The SMILES string of the molecule is CC1c2[nH]c3ccccc3c2CC2C(=O)N(c3ccc(C(F)(F)F)cc3)C(=O)N21. The van der Waals surface area contributed by atoms with Gasteiger partial charge in [0.05, 0.1) is 17.3 Å². The number of aromatic amines is 1. The zero-order valence-electron chi connectivity index (χ0n) is 15.3. The molecule has 0 spiro atoms.